The fourth-order valence-corrected chi connectivity index (χ4v) is 2.32. The summed E-state index contributed by atoms with van der Waals surface area (Å²) in [7, 11) is 2.09. The second kappa shape index (κ2) is 7.55. The Bertz CT molecular complexity index is 362. The van der Waals surface area contributed by atoms with Gasteiger partial charge in [-0.15, -0.1) is 0 Å². The van der Waals surface area contributed by atoms with Crippen molar-refractivity contribution in [2.75, 3.05) is 20.1 Å². The summed E-state index contributed by atoms with van der Waals surface area (Å²) in [6, 6.07) is 6.26. The molecule has 0 saturated heterocycles. The maximum atomic E-state index is 10.3. The van der Waals surface area contributed by atoms with E-state index in [0.29, 0.717) is 6.54 Å². The number of unbranched alkanes of at least 4 members (excludes halogenated alkanes) is 2. The Labute approximate surface area is 112 Å². The molecule has 1 unspecified atom stereocenters. The summed E-state index contributed by atoms with van der Waals surface area (Å²) in [6.45, 7) is 8.15. The van der Waals surface area contributed by atoms with Crippen molar-refractivity contribution in [3.05, 3.63) is 34.9 Å². The number of hydrogen-bond acceptors (Lipinski definition) is 2. The molecule has 1 rings (SSSR count). The predicted molar refractivity (Wildman–Crippen MR) is 77.9 cm³/mol. The summed E-state index contributed by atoms with van der Waals surface area (Å²) in [4.78, 5) is 2.22. The van der Waals surface area contributed by atoms with Gasteiger partial charge in [0.25, 0.3) is 0 Å². The smallest absolute Gasteiger partial charge is 0.0919 e. The molecule has 0 spiro atoms. The zero-order valence-electron chi connectivity index (χ0n) is 12.2. The van der Waals surface area contributed by atoms with E-state index in [2.05, 4.69) is 50.9 Å². The molecule has 0 aliphatic heterocycles. The van der Waals surface area contributed by atoms with Crippen molar-refractivity contribution >= 4 is 0 Å². The minimum absolute atomic E-state index is 0.378. The second-order valence-electron chi connectivity index (χ2n) is 5.35. The number of nitrogens with zero attached hydrogens (tertiary/aromatic N) is 1. The average molecular weight is 249 g/mol. The first-order valence-electron chi connectivity index (χ1n) is 6.98. The third kappa shape index (κ3) is 4.79. The Hall–Kier alpha value is -0.860. The van der Waals surface area contributed by atoms with Crippen molar-refractivity contribution in [2.24, 2.45) is 0 Å². The van der Waals surface area contributed by atoms with Gasteiger partial charge in [-0.2, -0.15) is 0 Å². The number of likely N-dealkylation sites (N-methyl/N-ethyl adjacent to an activating group) is 1. The highest BCUT2D eigenvalue weighted by Crippen LogP contribution is 2.19. The van der Waals surface area contributed by atoms with Crippen LogP contribution in [0.1, 0.15) is 49.0 Å². The zero-order chi connectivity index (χ0) is 13.5. The Morgan fingerprint density at radius 1 is 1.22 bits per heavy atom. The van der Waals surface area contributed by atoms with Crippen LogP contribution in [0.4, 0.5) is 0 Å². The maximum absolute atomic E-state index is 10.3. The fraction of sp³-hybridized carbons (Fsp3) is 0.625. The lowest BCUT2D eigenvalue weighted by Gasteiger charge is -2.22. The van der Waals surface area contributed by atoms with Gasteiger partial charge in [0.2, 0.25) is 0 Å². The first-order valence-corrected chi connectivity index (χ1v) is 6.98. The Balaban J connectivity index is 2.51. The number of aliphatic hydroxyl groups is 1. The Kier molecular flexibility index (Phi) is 6.37. The summed E-state index contributed by atoms with van der Waals surface area (Å²) in [5.41, 5.74) is 3.49. The van der Waals surface area contributed by atoms with Crippen LogP contribution in [0.15, 0.2) is 18.2 Å². The third-order valence-corrected chi connectivity index (χ3v) is 3.41. The number of benzene rings is 1. The van der Waals surface area contributed by atoms with E-state index < -0.39 is 0 Å². The van der Waals surface area contributed by atoms with E-state index in [4.69, 9.17) is 0 Å². The lowest BCUT2D eigenvalue weighted by atomic mass is 10.0. The highest BCUT2D eigenvalue weighted by Gasteiger charge is 2.12. The van der Waals surface area contributed by atoms with Gasteiger partial charge in [0.05, 0.1) is 6.10 Å². The van der Waals surface area contributed by atoms with Gasteiger partial charge in [-0.25, -0.2) is 0 Å². The van der Waals surface area contributed by atoms with E-state index in [1.54, 1.807) is 0 Å². The third-order valence-electron chi connectivity index (χ3n) is 3.41. The largest absolute Gasteiger partial charge is 0.387 e. The summed E-state index contributed by atoms with van der Waals surface area (Å²) < 4.78 is 0. The van der Waals surface area contributed by atoms with E-state index in [9.17, 15) is 5.11 Å². The Morgan fingerprint density at radius 3 is 2.56 bits per heavy atom. The molecule has 0 fully saturated rings. The molecule has 0 saturated carbocycles. The molecule has 18 heavy (non-hydrogen) atoms. The van der Waals surface area contributed by atoms with Crippen LogP contribution in [0.2, 0.25) is 0 Å². The highest BCUT2D eigenvalue weighted by atomic mass is 16.3. The fourth-order valence-electron chi connectivity index (χ4n) is 2.32. The zero-order valence-corrected chi connectivity index (χ0v) is 12.2. The van der Waals surface area contributed by atoms with Crippen LogP contribution in [0.25, 0.3) is 0 Å². The Morgan fingerprint density at radius 2 is 1.94 bits per heavy atom. The van der Waals surface area contributed by atoms with E-state index in [1.807, 2.05) is 0 Å². The normalized spacial score (nSPS) is 13.0. The van der Waals surface area contributed by atoms with E-state index in [1.165, 1.54) is 30.4 Å². The quantitative estimate of drug-likeness (QED) is 0.748. The molecule has 0 amide bonds. The molecule has 1 atom stereocenters. The monoisotopic (exact) mass is 249 g/mol. The van der Waals surface area contributed by atoms with Crippen molar-refractivity contribution in [3.63, 3.8) is 0 Å². The lowest BCUT2D eigenvalue weighted by Crippen LogP contribution is -2.26. The first-order chi connectivity index (χ1) is 8.54. The van der Waals surface area contributed by atoms with E-state index >= 15 is 0 Å². The molecule has 1 aromatic rings. The van der Waals surface area contributed by atoms with Crippen molar-refractivity contribution < 1.29 is 5.11 Å². The van der Waals surface area contributed by atoms with Crippen LogP contribution in [0, 0.1) is 13.8 Å². The van der Waals surface area contributed by atoms with Gasteiger partial charge in [0.1, 0.15) is 0 Å². The van der Waals surface area contributed by atoms with Crippen LogP contribution < -0.4 is 0 Å². The molecule has 102 valence electrons. The van der Waals surface area contributed by atoms with Crippen molar-refractivity contribution in [1.29, 1.82) is 0 Å². The standard InChI is InChI=1S/C16H27NO/c1-5-6-7-10-17(4)12-16(18)15-9-8-13(2)11-14(15)3/h8-9,11,16,18H,5-7,10,12H2,1-4H3. The number of aryl methyl sites for hydroxylation is 2. The van der Waals surface area contributed by atoms with Crippen molar-refractivity contribution in [2.45, 2.75) is 46.1 Å². The molecule has 0 aliphatic rings. The van der Waals surface area contributed by atoms with Crippen LogP contribution in [0.5, 0.6) is 0 Å². The van der Waals surface area contributed by atoms with Gasteiger partial charge in [0, 0.05) is 6.54 Å². The number of aliphatic hydroxyl groups excluding tert-OH is 1. The van der Waals surface area contributed by atoms with Gasteiger partial charge in [0.15, 0.2) is 0 Å². The molecule has 0 aliphatic carbocycles. The molecule has 0 bridgehead atoms. The average Bonchev–Trinajstić information content (AvgIpc) is 2.28. The molecular weight excluding hydrogens is 222 g/mol. The summed E-state index contributed by atoms with van der Waals surface area (Å²) in [5.74, 6) is 0. The van der Waals surface area contributed by atoms with E-state index in [-0.39, 0.29) is 6.10 Å². The van der Waals surface area contributed by atoms with Gasteiger partial charge < -0.3 is 10.0 Å². The van der Waals surface area contributed by atoms with Crippen molar-refractivity contribution in [1.82, 2.24) is 4.90 Å². The first kappa shape index (κ1) is 15.2. The van der Waals surface area contributed by atoms with Gasteiger partial charge >= 0.3 is 0 Å². The molecular formula is C16H27NO. The van der Waals surface area contributed by atoms with E-state index in [0.717, 1.165) is 12.1 Å². The minimum atomic E-state index is -0.378. The summed E-state index contributed by atoms with van der Waals surface area (Å²) in [5, 5.41) is 10.3. The summed E-state index contributed by atoms with van der Waals surface area (Å²) in [6.07, 6.45) is 3.35. The predicted octanol–water partition coefficient (Wildman–Crippen LogP) is 3.46. The summed E-state index contributed by atoms with van der Waals surface area (Å²) >= 11 is 0. The van der Waals surface area contributed by atoms with Crippen molar-refractivity contribution in [3.8, 4) is 0 Å². The van der Waals surface area contributed by atoms with Crippen LogP contribution in [-0.4, -0.2) is 30.1 Å². The number of rotatable bonds is 7. The molecule has 0 heterocycles. The van der Waals surface area contributed by atoms with Crippen LogP contribution in [0.3, 0.4) is 0 Å². The molecule has 0 aromatic heterocycles. The van der Waals surface area contributed by atoms with Crippen LogP contribution >= 0.6 is 0 Å². The molecule has 2 nitrogen and oxygen atoms in total. The topological polar surface area (TPSA) is 23.5 Å². The minimum Gasteiger partial charge on any atom is -0.387 e. The molecule has 0 radical (unpaired) electrons. The van der Waals surface area contributed by atoms with Gasteiger partial charge in [-0.1, -0.05) is 43.5 Å². The number of hydrogen-bond donors (Lipinski definition) is 1. The molecule has 2 heteroatoms. The second-order valence-corrected chi connectivity index (χ2v) is 5.35. The highest BCUT2D eigenvalue weighted by molar-refractivity contribution is 5.32. The molecule has 1 aromatic carbocycles. The SMILES string of the molecule is CCCCCN(C)CC(O)c1ccc(C)cc1C. The maximum Gasteiger partial charge on any atom is 0.0919 e. The lowest BCUT2D eigenvalue weighted by molar-refractivity contribution is 0.125. The molecule has 1 N–H and O–H groups in total. The van der Waals surface area contributed by atoms with Gasteiger partial charge in [-0.05, 0) is 45.0 Å². The van der Waals surface area contributed by atoms with Gasteiger partial charge in [-0.3, -0.25) is 0 Å². The van der Waals surface area contributed by atoms with Crippen LogP contribution in [-0.2, 0) is 0 Å².